The Labute approximate surface area is 139 Å². The summed E-state index contributed by atoms with van der Waals surface area (Å²) in [6, 6.07) is 8.92. The van der Waals surface area contributed by atoms with E-state index in [2.05, 4.69) is 18.0 Å². The van der Waals surface area contributed by atoms with Gasteiger partial charge in [0.1, 0.15) is 16.4 Å². The molecule has 0 amide bonds. The SMILES string of the molecule is CCCOc1ccc2c(c1)CCN=C2/C=C/c1ccc([N+](=O)[O-])o1. The smallest absolute Gasteiger partial charge is 0.433 e. The highest BCUT2D eigenvalue weighted by molar-refractivity contribution is 6.12. The van der Waals surface area contributed by atoms with E-state index in [1.807, 2.05) is 18.2 Å². The average Bonchev–Trinajstić information content (AvgIpc) is 3.07. The fourth-order valence-corrected chi connectivity index (χ4v) is 2.55. The number of hydrogen-bond donors (Lipinski definition) is 0. The van der Waals surface area contributed by atoms with Crippen molar-refractivity contribution in [3.63, 3.8) is 0 Å². The third kappa shape index (κ3) is 3.53. The minimum atomic E-state index is -0.553. The van der Waals surface area contributed by atoms with Crippen LogP contribution in [-0.4, -0.2) is 23.8 Å². The van der Waals surface area contributed by atoms with Gasteiger partial charge < -0.3 is 9.15 Å². The topological polar surface area (TPSA) is 77.9 Å². The summed E-state index contributed by atoms with van der Waals surface area (Å²) in [5.74, 6) is 1.04. The summed E-state index contributed by atoms with van der Waals surface area (Å²) in [7, 11) is 0. The van der Waals surface area contributed by atoms with Crippen molar-refractivity contribution in [1.82, 2.24) is 0 Å². The van der Waals surface area contributed by atoms with Crippen LogP contribution in [0.4, 0.5) is 5.88 Å². The van der Waals surface area contributed by atoms with Crippen molar-refractivity contribution >= 4 is 17.7 Å². The van der Waals surface area contributed by atoms with Crippen LogP contribution in [0.3, 0.4) is 0 Å². The lowest BCUT2D eigenvalue weighted by atomic mass is 9.97. The van der Waals surface area contributed by atoms with Gasteiger partial charge in [0.25, 0.3) is 0 Å². The van der Waals surface area contributed by atoms with Crippen LogP contribution in [0, 0.1) is 10.1 Å². The molecule has 124 valence electrons. The highest BCUT2D eigenvalue weighted by Gasteiger charge is 2.14. The van der Waals surface area contributed by atoms with E-state index in [1.165, 1.54) is 11.6 Å². The molecular weight excluding hydrogens is 308 g/mol. The molecule has 24 heavy (non-hydrogen) atoms. The van der Waals surface area contributed by atoms with Gasteiger partial charge in [-0.3, -0.25) is 15.1 Å². The molecule has 0 saturated heterocycles. The molecule has 0 spiro atoms. The second kappa shape index (κ2) is 7.12. The zero-order chi connectivity index (χ0) is 16.9. The van der Waals surface area contributed by atoms with Crippen molar-refractivity contribution in [1.29, 1.82) is 0 Å². The molecule has 0 aliphatic carbocycles. The molecule has 1 aromatic carbocycles. The molecule has 2 heterocycles. The predicted molar refractivity (Wildman–Crippen MR) is 91.7 cm³/mol. The maximum absolute atomic E-state index is 10.6. The summed E-state index contributed by atoms with van der Waals surface area (Å²) in [4.78, 5) is 14.6. The highest BCUT2D eigenvalue weighted by Crippen LogP contribution is 2.24. The summed E-state index contributed by atoms with van der Waals surface area (Å²) in [6.45, 7) is 3.49. The van der Waals surface area contributed by atoms with Gasteiger partial charge in [0.15, 0.2) is 0 Å². The number of nitrogens with zero attached hydrogens (tertiary/aromatic N) is 2. The van der Waals surface area contributed by atoms with Crippen LogP contribution in [-0.2, 0) is 6.42 Å². The summed E-state index contributed by atoms with van der Waals surface area (Å²) in [6.07, 6.45) is 5.37. The van der Waals surface area contributed by atoms with Crippen molar-refractivity contribution in [3.8, 4) is 5.75 Å². The number of benzene rings is 1. The van der Waals surface area contributed by atoms with E-state index in [9.17, 15) is 10.1 Å². The van der Waals surface area contributed by atoms with Gasteiger partial charge in [-0.05, 0) is 54.8 Å². The first-order chi connectivity index (χ1) is 11.7. The van der Waals surface area contributed by atoms with E-state index < -0.39 is 4.92 Å². The van der Waals surface area contributed by atoms with Crippen LogP contribution < -0.4 is 4.74 Å². The Bertz CT molecular complexity index is 805. The van der Waals surface area contributed by atoms with Gasteiger partial charge in [0, 0.05) is 12.1 Å². The minimum absolute atomic E-state index is 0.265. The van der Waals surface area contributed by atoms with Crippen LogP contribution >= 0.6 is 0 Å². The molecule has 6 nitrogen and oxygen atoms in total. The normalized spacial score (nSPS) is 13.6. The van der Waals surface area contributed by atoms with Crippen LogP contribution in [0.2, 0.25) is 0 Å². The van der Waals surface area contributed by atoms with Gasteiger partial charge in [0.2, 0.25) is 0 Å². The fourth-order valence-electron chi connectivity index (χ4n) is 2.55. The Morgan fingerprint density at radius 2 is 2.21 bits per heavy atom. The zero-order valence-electron chi connectivity index (χ0n) is 13.4. The molecule has 0 N–H and O–H groups in total. The van der Waals surface area contributed by atoms with Gasteiger partial charge >= 0.3 is 5.88 Å². The Balaban J connectivity index is 1.79. The molecule has 1 aliphatic rings. The molecule has 0 radical (unpaired) electrons. The molecule has 6 heteroatoms. The van der Waals surface area contributed by atoms with E-state index in [0.29, 0.717) is 18.9 Å². The number of nitro groups is 1. The third-order valence-corrected chi connectivity index (χ3v) is 3.69. The highest BCUT2D eigenvalue weighted by atomic mass is 16.6. The molecule has 0 bridgehead atoms. The lowest BCUT2D eigenvalue weighted by Crippen LogP contribution is -2.11. The maximum Gasteiger partial charge on any atom is 0.433 e. The Morgan fingerprint density at radius 3 is 2.96 bits per heavy atom. The van der Waals surface area contributed by atoms with Gasteiger partial charge in [-0.25, -0.2) is 0 Å². The monoisotopic (exact) mass is 326 g/mol. The minimum Gasteiger partial charge on any atom is -0.494 e. The summed E-state index contributed by atoms with van der Waals surface area (Å²) in [5.41, 5.74) is 3.10. The number of ether oxygens (including phenoxy) is 1. The number of allylic oxidation sites excluding steroid dienone is 1. The Kier molecular flexibility index (Phi) is 4.74. The fraction of sp³-hybridized carbons (Fsp3) is 0.278. The largest absolute Gasteiger partial charge is 0.494 e. The van der Waals surface area contributed by atoms with E-state index in [4.69, 9.17) is 9.15 Å². The molecule has 0 fully saturated rings. The number of fused-ring (bicyclic) bond motifs is 1. The second-order valence-corrected chi connectivity index (χ2v) is 5.45. The van der Waals surface area contributed by atoms with Crippen molar-refractivity contribution in [2.75, 3.05) is 13.2 Å². The number of aliphatic imine (C=N–C) groups is 1. The first-order valence-corrected chi connectivity index (χ1v) is 7.90. The molecule has 3 rings (SSSR count). The third-order valence-electron chi connectivity index (χ3n) is 3.69. The van der Waals surface area contributed by atoms with Crippen molar-refractivity contribution in [2.24, 2.45) is 4.99 Å². The zero-order valence-corrected chi connectivity index (χ0v) is 13.4. The van der Waals surface area contributed by atoms with Crippen molar-refractivity contribution in [3.05, 3.63) is 63.4 Å². The molecule has 0 unspecified atom stereocenters. The van der Waals surface area contributed by atoms with E-state index in [0.717, 1.165) is 29.9 Å². The van der Waals surface area contributed by atoms with Gasteiger partial charge in [-0.15, -0.1) is 0 Å². The van der Waals surface area contributed by atoms with Gasteiger partial charge in [-0.1, -0.05) is 6.92 Å². The lowest BCUT2D eigenvalue weighted by Gasteiger charge is -2.16. The Morgan fingerprint density at radius 1 is 1.33 bits per heavy atom. The van der Waals surface area contributed by atoms with Crippen molar-refractivity contribution in [2.45, 2.75) is 19.8 Å². The summed E-state index contributed by atoms with van der Waals surface area (Å²) >= 11 is 0. The number of rotatable bonds is 6. The standard InChI is InChI=1S/C18H18N2O4/c1-2-11-23-15-3-6-16-13(12-15)9-10-19-17(16)7-4-14-5-8-18(24-14)20(21)22/h3-8,12H,2,9-11H2,1H3/b7-4+. The quantitative estimate of drug-likeness (QED) is 0.593. The molecule has 2 aromatic rings. The first-order valence-electron chi connectivity index (χ1n) is 7.90. The average molecular weight is 326 g/mol. The first kappa shape index (κ1) is 16.0. The molecule has 0 saturated carbocycles. The van der Waals surface area contributed by atoms with Crippen LogP contribution in [0.1, 0.15) is 30.2 Å². The van der Waals surface area contributed by atoms with E-state index in [-0.39, 0.29) is 5.88 Å². The van der Waals surface area contributed by atoms with Crippen molar-refractivity contribution < 1.29 is 14.1 Å². The maximum atomic E-state index is 10.6. The Hall–Kier alpha value is -2.89. The predicted octanol–water partition coefficient (Wildman–Crippen LogP) is 4.04. The van der Waals surface area contributed by atoms with Crippen LogP contribution in [0.15, 0.2) is 45.8 Å². The summed E-state index contributed by atoms with van der Waals surface area (Å²) < 4.78 is 10.8. The molecule has 0 atom stereocenters. The molecule has 1 aliphatic heterocycles. The van der Waals surface area contributed by atoms with Crippen LogP contribution in [0.25, 0.3) is 6.08 Å². The lowest BCUT2D eigenvalue weighted by molar-refractivity contribution is -0.402. The second-order valence-electron chi connectivity index (χ2n) is 5.45. The van der Waals surface area contributed by atoms with Gasteiger partial charge in [-0.2, -0.15) is 0 Å². The number of hydrogen-bond acceptors (Lipinski definition) is 5. The molecule has 1 aromatic heterocycles. The summed E-state index contributed by atoms with van der Waals surface area (Å²) in [5, 5.41) is 10.6. The van der Waals surface area contributed by atoms with Gasteiger partial charge in [0.05, 0.1) is 18.4 Å². The molecular formula is C18H18N2O4. The van der Waals surface area contributed by atoms with Crippen LogP contribution in [0.5, 0.6) is 5.75 Å². The van der Waals surface area contributed by atoms with E-state index >= 15 is 0 Å². The van der Waals surface area contributed by atoms with E-state index in [1.54, 1.807) is 12.1 Å². The number of furan rings is 1.